The van der Waals surface area contributed by atoms with Gasteiger partial charge in [0.05, 0.1) is 0 Å². The van der Waals surface area contributed by atoms with Gasteiger partial charge in [-0.05, 0) is 43.2 Å². The van der Waals surface area contributed by atoms with Gasteiger partial charge in [-0.1, -0.05) is 19.8 Å². The molecule has 0 bridgehead atoms. The number of nitrogens with one attached hydrogen (secondary N) is 2. The first-order valence-electron chi connectivity index (χ1n) is 7.86. The van der Waals surface area contributed by atoms with Crippen LogP contribution < -0.4 is 10.0 Å². The monoisotopic (exact) mass is 328 g/mol. The molecular weight excluding hydrogens is 304 g/mol. The first-order valence-corrected chi connectivity index (χ1v) is 10.2. The first kappa shape index (κ1) is 15.5. The minimum Gasteiger partial charge on any atom is -0.309 e. The lowest BCUT2D eigenvalue weighted by atomic mass is 9.99. The minimum atomic E-state index is -3.33. The summed E-state index contributed by atoms with van der Waals surface area (Å²) in [6.07, 6.45) is 6.09. The molecule has 2 fully saturated rings. The van der Waals surface area contributed by atoms with E-state index in [2.05, 4.69) is 17.0 Å². The van der Waals surface area contributed by atoms with Gasteiger partial charge in [0.15, 0.2) is 0 Å². The van der Waals surface area contributed by atoms with E-state index in [1.54, 1.807) is 6.07 Å². The molecule has 21 heavy (non-hydrogen) atoms. The van der Waals surface area contributed by atoms with Gasteiger partial charge in [-0.3, -0.25) is 0 Å². The highest BCUT2D eigenvalue weighted by Gasteiger charge is 2.26. The Hall–Kier alpha value is -0.430. The number of sulfonamides is 1. The van der Waals surface area contributed by atoms with Crippen LogP contribution in [-0.4, -0.2) is 21.0 Å². The third-order valence-electron chi connectivity index (χ3n) is 4.62. The van der Waals surface area contributed by atoms with E-state index in [9.17, 15) is 8.42 Å². The van der Waals surface area contributed by atoms with Crippen LogP contribution in [0.15, 0.2) is 16.3 Å². The van der Waals surface area contributed by atoms with Crippen LogP contribution in [0.3, 0.4) is 0 Å². The van der Waals surface area contributed by atoms with Crippen molar-refractivity contribution in [3.05, 3.63) is 17.0 Å². The van der Waals surface area contributed by atoms with E-state index >= 15 is 0 Å². The molecule has 2 saturated carbocycles. The SMILES string of the molecule is CC1CCCC1CNS(=O)(=O)c1ccc(CNC2CC2)s1. The summed E-state index contributed by atoms with van der Waals surface area (Å²) in [5.41, 5.74) is 0. The van der Waals surface area contributed by atoms with E-state index in [0.717, 1.165) is 17.8 Å². The fourth-order valence-electron chi connectivity index (χ4n) is 2.94. The highest BCUT2D eigenvalue weighted by atomic mass is 32.2. The smallest absolute Gasteiger partial charge is 0.250 e. The van der Waals surface area contributed by atoms with Gasteiger partial charge in [0.25, 0.3) is 0 Å². The number of thiophene rings is 1. The average molecular weight is 329 g/mol. The van der Waals surface area contributed by atoms with Crippen molar-refractivity contribution < 1.29 is 8.42 Å². The Morgan fingerprint density at radius 1 is 1.24 bits per heavy atom. The molecule has 6 heteroatoms. The van der Waals surface area contributed by atoms with Gasteiger partial charge < -0.3 is 5.32 Å². The number of hydrogen-bond donors (Lipinski definition) is 2. The average Bonchev–Trinajstić information content (AvgIpc) is 2.98. The van der Waals surface area contributed by atoms with Crippen molar-refractivity contribution in [2.45, 2.75) is 55.8 Å². The Bertz CT molecular complexity index is 578. The zero-order valence-corrected chi connectivity index (χ0v) is 14.1. The lowest BCUT2D eigenvalue weighted by Crippen LogP contribution is -2.29. The van der Waals surface area contributed by atoms with E-state index in [0.29, 0.717) is 28.6 Å². The molecule has 2 atom stereocenters. The minimum absolute atomic E-state index is 0.445. The summed E-state index contributed by atoms with van der Waals surface area (Å²) in [6.45, 7) is 3.58. The molecule has 0 aromatic carbocycles. The summed E-state index contributed by atoms with van der Waals surface area (Å²) in [6, 6.07) is 4.30. The van der Waals surface area contributed by atoms with Crippen molar-refractivity contribution >= 4 is 21.4 Å². The topological polar surface area (TPSA) is 58.2 Å². The molecule has 3 rings (SSSR count). The largest absolute Gasteiger partial charge is 0.309 e. The van der Waals surface area contributed by atoms with Gasteiger partial charge in [-0.15, -0.1) is 11.3 Å². The maximum Gasteiger partial charge on any atom is 0.250 e. The molecule has 2 aliphatic rings. The number of rotatable bonds is 7. The second kappa shape index (κ2) is 6.36. The van der Waals surface area contributed by atoms with Crippen LogP contribution in [0.25, 0.3) is 0 Å². The van der Waals surface area contributed by atoms with Crippen LogP contribution in [0.4, 0.5) is 0 Å². The maximum absolute atomic E-state index is 12.3. The lowest BCUT2D eigenvalue weighted by Gasteiger charge is -2.15. The summed E-state index contributed by atoms with van der Waals surface area (Å²) in [5.74, 6) is 1.13. The summed E-state index contributed by atoms with van der Waals surface area (Å²) >= 11 is 1.38. The molecule has 0 spiro atoms. The highest BCUT2D eigenvalue weighted by molar-refractivity contribution is 7.91. The Morgan fingerprint density at radius 3 is 2.71 bits per heavy atom. The van der Waals surface area contributed by atoms with Crippen molar-refractivity contribution in [3.63, 3.8) is 0 Å². The summed E-state index contributed by atoms with van der Waals surface area (Å²) in [4.78, 5) is 1.09. The second-order valence-corrected chi connectivity index (χ2v) is 9.56. The standard InChI is InChI=1S/C15H24N2O2S2/c1-11-3-2-4-12(11)9-17-21(18,19)15-8-7-14(20-15)10-16-13-5-6-13/h7-8,11-13,16-17H,2-6,9-10H2,1H3. The normalized spacial score (nSPS) is 26.3. The second-order valence-electron chi connectivity index (χ2n) is 6.40. The Balaban J connectivity index is 1.55. The van der Waals surface area contributed by atoms with Gasteiger partial charge in [-0.25, -0.2) is 13.1 Å². The van der Waals surface area contributed by atoms with E-state index in [-0.39, 0.29) is 0 Å². The van der Waals surface area contributed by atoms with E-state index in [1.807, 2.05) is 6.07 Å². The third-order valence-corrected chi connectivity index (χ3v) is 7.62. The van der Waals surface area contributed by atoms with Crippen LogP contribution >= 0.6 is 11.3 Å². The lowest BCUT2D eigenvalue weighted by molar-refractivity contribution is 0.414. The van der Waals surface area contributed by atoms with Crippen LogP contribution in [0.2, 0.25) is 0 Å². The zero-order valence-electron chi connectivity index (χ0n) is 12.5. The fourth-order valence-corrected chi connectivity index (χ4v) is 5.39. The Labute approximate surface area is 131 Å². The van der Waals surface area contributed by atoms with Gasteiger partial charge in [0, 0.05) is 24.0 Å². The van der Waals surface area contributed by atoms with Crippen molar-refractivity contribution in [1.82, 2.24) is 10.0 Å². The van der Waals surface area contributed by atoms with Crippen molar-refractivity contribution in [1.29, 1.82) is 0 Å². The molecule has 0 saturated heterocycles. The van der Waals surface area contributed by atoms with Gasteiger partial charge in [0.1, 0.15) is 4.21 Å². The van der Waals surface area contributed by atoms with E-state index < -0.39 is 10.0 Å². The van der Waals surface area contributed by atoms with Gasteiger partial charge >= 0.3 is 0 Å². The van der Waals surface area contributed by atoms with Crippen LogP contribution in [0.5, 0.6) is 0 Å². The molecule has 2 N–H and O–H groups in total. The van der Waals surface area contributed by atoms with Crippen molar-refractivity contribution in [3.8, 4) is 0 Å². The quantitative estimate of drug-likeness (QED) is 0.809. The summed E-state index contributed by atoms with van der Waals surface area (Å²) < 4.78 is 27.9. The van der Waals surface area contributed by atoms with Gasteiger partial charge in [0.2, 0.25) is 10.0 Å². The van der Waals surface area contributed by atoms with E-state index in [4.69, 9.17) is 0 Å². The Morgan fingerprint density at radius 2 is 2.05 bits per heavy atom. The molecule has 1 aromatic heterocycles. The molecule has 0 aliphatic heterocycles. The molecular formula is C15H24N2O2S2. The third kappa shape index (κ3) is 4.06. The van der Waals surface area contributed by atoms with Crippen LogP contribution in [0.1, 0.15) is 43.9 Å². The molecule has 0 radical (unpaired) electrons. The summed E-state index contributed by atoms with van der Waals surface area (Å²) in [7, 11) is -3.33. The van der Waals surface area contributed by atoms with Crippen LogP contribution in [0, 0.1) is 11.8 Å². The molecule has 2 unspecified atom stereocenters. The van der Waals surface area contributed by atoms with Crippen molar-refractivity contribution in [2.75, 3.05) is 6.54 Å². The maximum atomic E-state index is 12.3. The number of hydrogen-bond acceptors (Lipinski definition) is 4. The molecule has 0 amide bonds. The van der Waals surface area contributed by atoms with Crippen molar-refractivity contribution in [2.24, 2.45) is 11.8 Å². The summed E-state index contributed by atoms with van der Waals surface area (Å²) in [5, 5.41) is 3.42. The molecule has 118 valence electrons. The zero-order chi connectivity index (χ0) is 14.9. The first-order chi connectivity index (χ1) is 10.0. The molecule has 4 nitrogen and oxygen atoms in total. The van der Waals surface area contributed by atoms with E-state index in [1.165, 1.54) is 37.0 Å². The molecule has 1 heterocycles. The van der Waals surface area contributed by atoms with Crippen LogP contribution in [-0.2, 0) is 16.6 Å². The Kier molecular flexibility index (Phi) is 4.69. The molecule has 1 aromatic rings. The fraction of sp³-hybridized carbons (Fsp3) is 0.733. The predicted molar refractivity (Wildman–Crippen MR) is 85.9 cm³/mol. The highest BCUT2D eigenvalue weighted by Crippen LogP contribution is 2.31. The predicted octanol–water partition coefficient (Wildman–Crippen LogP) is 2.71. The molecule has 2 aliphatic carbocycles. The van der Waals surface area contributed by atoms with Gasteiger partial charge in [-0.2, -0.15) is 0 Å².